The van der Waals surface area contributed by atoms with Gasteiger partial charge >= 0.3 is 0 Å². The van der Waals surface area contributed by atoms with Crippen molar-refractivity contribution in [2.24, 2.45) is 0 Å². The van der Waals surface area contributed by atoms with Crippen LogP contribution in [-0.2, 0) is 28.3 Å². The fourth-order valence-electron chi connectivity index (χ4n) is 3.69. The Morgan fingerprint density at radius 3 is 2.09 bits per heavy atom. The van der Waals surface area contributed by atoms with E-state index in [-0.39, 0.29) is 23.6 Å². The maximum Gasteiger partial charge on any atom is 0.243 e. The van der Waals surface area contributed by atoms with Crippen LogP contribution in [0.15, 0.2) is 84.9 Å². The topological polar surface area (TPSA) is 49.4 Å². The normalized spacial score (nSPS) is 12.5. The largest absolute Gasteiger partial charge is 0.352 e. The second-order valence-electron chi connectivity index (χ2n) is 8.65. The molecule has 4 nitrogen and oxygen atoms in total. The van der Waals surface area contributed by atoms with E-state index in [1.807, 2.05) is 98.8 Å². The Kier molecular flexibility index (Phi) is 10.7. The highest BCUT2D eigenvalue weighted by Gasteiger charge is 2.30. The number of amides is 2. The first-order valence-electron chi connectivity index (χ1n) is 12.0. The maximum atomic E-state index is 13.6. The third kappa shape index (κ3) is 8.75. The summed E-state index contributed by atoms with van der Waals surface area (Å²) in [5, 5.41) is 3.80. The summed E-state index contributed by atoms with van der Waals surface area (Å²) in [5.74, 6) is 0.824. The lowest BCUT2D eigenvalue weighted by molar-refractivity contribution is -0.139. The second kappa shape index (κ2) is 14.0. The Labute approximate surface area is 218 Å². The zero-order valence-corrected chi connectivity index (χ0v) is 21.9. The van der Waals surface area contributed by atoms with Gasteiger partial charge in [0.15, 0.2) is 0 Å². The molecule has 3 rings (SSSR count). The summed E-state index contributed by atoms with van der Waals surface area (Å²) in [6.45, 7) is 4.41. The monoisotopic (exact) mass is 508 g/mol. The van der Waals surface area contributed by atoms with Crippen LogP contribution < -0.4 is 5.32 Å². The molecular weight excluding hydrogens is 476 g/mol. The van der Waals surface area contributed by atoms with E-state index in [4.69, 9.17) is 11.6 Å². The highest BCUT2D eigenvalue weighted by molar-refractivity contribution is 7.99. The summed E-state index contributed by atoms with van der Waals surface area (Å²) in [5.41, 5.74) is 3.13. The van der Waals surface area contributed by atoms with Crippen LogP contribution in [0.1, 0.15) is 37.0 Å². The van der Waals surface area contributed by atoms with Gasteiger partial charge in [0.1, 0.15) is 6.04 Å². The van der Waals surface area contributed by atoms with Crippen LogP contribution in [0.2, 0.25) is 5.02 Å². The van der Waals surface area contributed by atoms with Gasteiger partial charge in [-0.15, -0.1) is 11.8 Å². The molecule has 6 heteroatoms. The fourth-order valence-corrected chi connectivity index (χ4v) is 4.69. The van der Waals surface area contributed by atoms with Crippen molar-refractivity contribution in [2.75, 3.05) is 5.75 Å². The van der Waals surface area contributed by atoms with E-state index in [1.54, 1.807) is 16.7 Å². The number of nitrogens with zero attached hydrogens (tertiary/aromatic N) is 1. The number of thioether (sulfide) groups is 1. The molecule has 0 radical (unpaired) electrons. The van der Waals surface area contributed by atoms with Gasteiger partial charge < -0.3 is 10.2 Å². The summed E-state index contributed by atoms with van der Waals surface area (Å²) < 4.78 is 0. The predicted octanol–water partition coefficient (Wildman–Crippen LogP) is 6.13. The third-order valence-electron chi connectivity index (χ3n) is 5.88. The van der Waals surface area contributed by atoms with Crippen molar-refractivity contribution in [3.63, 3.8) is 0 Å². The lowest BCUT2D eigenvalue weighted by Crippen LogP contribution is -2.52. The van der Waals surface area contributed by atoms with Gasteiger partial charge in [-0.1, -0.05) is 91.3 Å². The molecule has 0 bridgehead atoms. The lowest BCUT2D eigenvalue weighted by atomic mass is 10.0. The third-order valence-corrected chi connectivity index (χ3v) is 7.12. The van der Waals surface area contributed by atoms with Crippen molar-refractivity contribution in [1.82, 2.24) is 10.2 Å². The van der Waals surface area contributed by atoms with E-state index < -0.39 is 6.04 Å². The summed E-state index contributed by atoms with van der Waals surface area (Å²) in [4.78, 5) is 28.8. The van der Waals surface area contributed by atoms with Crippen molar-refractivity contribution in [3.05, 3.63) is 107 Å². The van der Waals surface area contributed by atoms with Crippen LogP contribution in [0, 0.1) is 0 Å². The Balaban J connectivity index is 1.82. The molecule has 3 aromatic carbocycles. The van der Waals surface area contributed by atoms with Crippen LogP contribution in [-0.4, -0.2) is 34.6 Å². The first kappa shape index (κ1) is 26.8. The molecule has 1 N–H and O–H groups in total. The van der Waals surface area contributed by atoms with E-state index >= 15 is 0 Å². The SMILES string of the molecule is CC[C@H](C)NC(=O)[C@@H](Cc1ccccc1)N(Cc1ccccc1)C(=O)CSCc1ccc(Cl)cc1. The summed E-state index contributed by atoms with van der Waals surface area (Å²) >= 11 is 7.53. The minimum Gasteiger partial charge on any atom is -0.352 e. The van der Waals surface area contributed by atoms with E-state index in [9.17, 15) is 9.59 Å². The molecule has 0 spiro atoms. The van der Waals surface area contributed by atoms with Crippen molar-refractivity contribution < 1.29 is 9.59 Å². The van der Waals surface area contributed by atoms with Gasteiger partial charge in [-0.05, 0) is 42.2 Å². The Morgan fingerprint density at radius 1 is 0.886 bits per heavy atom. The number of halogens is 1. The summed E-state index contributed by atoms with van der Waals surface area (Å²) in [6, 6.07) is 26.8. The predicted molar refractivity (Wildman–Crippen MR) is 146 cm³/mol. The second-order valence-corrected chi connectivity index (χ2v) is 10.1. The molecule has 0 heterocycles. The van der Waals surface area contributed by atoms with Gasteiger partial charge in [0.05, 0.1) is 5.75 Å². The minimum absolute atomic E-state index is 0.0359. The number of benzene rings is 3. The first-order valence-corrected chi connectivity index (χ1v) is 13.5. The van der Waals surface area contributed by atoms with Crippen molar-refractivity contribution in [3.8, 4) is 0 Å². The highest BCUT2D eigenvalue weighted by Crippen LogP contribution is 2.19. The quantitative estimate of drug-likeness (QED) is 0.320. The molecule has 2 amide bonds. The zero-order chi connectivity index (χ0) is 25.0. The first-order chi connectivity index (χ1) is 17.0. The average Bonchev–Trinajstić information content (AvgIpc) is 2.88. The standard InChI is InChI=1S/C29H33ClN2O2S/c1-3-22(2)31-29(34)27(18-23-10-6-4-7-11-23)32(19-24-12-8-5-9-13-24)28(33)21-35-20-25-14-16-26(30)17-15-25/h4-17,22,27H,3,18-21H2,1-2H3,(H,31,34)/t22-,27+/m0/s1. The molecule has 0 aromatic heterocycles. The molecule has 2 atom stereocenters. The average molecular weight is 509 g/mol. The number of carbonyl (C=O) groups excluding carboxylic acids is 2. The van der Waals surface area contributed by atoms with Crippen LogP contribution >= 0.6 is 23.4 Å². The molecule has 0 unspecified atom stereocenters. The smallest absolute Gasteiger partial charge is 0.243 e. The van der Waals surface area contributed by atoms with E-state index in [0.717, 1.165) is 23.1 Å². The van der Waals surface area contributed by atoms with Crippen LogP contribution in [0.4, 0.5) is 0 Å². The molecule has 0 fully saturated rings. The van der Waals surface area contributed by atoms with Crippen molar-refractivity contribution >= 4 is 35.2 Å². The molecule has 0 saturated carbocycles. The van der Waals surface area contributed by atoms with Crippen LogP contribution in [0.25, 0.3) is 0 Å². The Hall–Kier alpha value is -2.76. The number of carbonyl (C=O) groups is 2. The van der Waals surface area contributed by atoms with E-state index in [0.29, 0.717) is 23.7 Å². The highest BCUT2D eigenvalue weighted by atomic mass is 35.5. The molecular formula is C29H33ClN2O2S. The number of rotatable bonds is 12. The Morgan fingerprint density at radius 2 is 1.49 bits per heavy atom. The van der Waals surface area contributed by atoms with Gasteiger partial charge in [0.2, 0.25) is 11.8 Å². The van der Waals surface area contributed by atoms with Crippen molar-refractivity contribution in [2.45, 2.75) is 51.1 Å². The maximum absolute atomic E-state index is 13.6. The van der Waals surface area contributed by atoms with Crippen LogP contribution in [0.3, 0.4) is 0 Å². The molecule has 35 heavy (non-hydrogen) atoms. The van der Waals surface area contributed by atoms with Gasteiger partial charge in [0, 0.05) is 29.8 Å². The van der Waals surface area contributed by atoms with E-state index in [2.05, 4.69) is 5.32 Å². The fraction of sp³-hybridized carbons (Fsp3) is 0.310. The molecule has 0 aliphatic heterocycles. The lowest BCUT2D eigenvalue weighted by Gasteiger charge is -2.32. The summed E-state index contributed by atoms with van der Waals surface area (Å²) in [7, 11) is 0. The Bertz CT molecular complexity index is 1060. The van der Waals surface area contributed by atoms with Crippen LogP contribution in [0.5, 0.6) is 0 Å². The van der Waals surface area contributed by atoms with Gasteiger partial charge in [-0.2, -0.15) is 0 Å². The molecule has 0 aliphatic carbocycles. The molecule has 184 valence electrons. The number of hydrogen-bond acceptors (Lipinski definition) is 3. The number of hydrogen-bond donors (Lipinski definition) is 1. The summed E-state index contributed by atoms with van der Waals surface area (Å²) in [6.07, 6.45) is 1.29. The molecule has 0 saturated heterocycles. The van der Waals surface area contributed by atoms with Gasteiger partial charge in [0.25, 0.3) is 0 Å². The van der Waals surface area contributed by atoms with E-state index in [1.165, 1.54) is 0 Å². The van der Waals surface area contributed by atoms with Gasteiger partial charge in [-0.25, -0.2) is 0 Å². The minimum atomic E-state index is -0.602. The molecule has 0 aliphatic rings. The van der Waals surface area contributed by atoms with Gasteiger partial charge in [-0.3, -0.25) is 9.59 Å². The van der Waals surface area contributed by atoms with Crippen molar-refractivity contribution in [1.29, 1.82) is 0 Å². The zero-order valence-electron chi connectivity index (χ0n) is 20.3. The number of nitrogens with one attached hydrogen (secondary N) is 1. The molecule has 3 aromatic rings.